The standard InChI is InChI=1S/C7H8N4O3.C2H6/c8-6-3-4(11(13)14)1-2-5(6)7(12)10-9;1-2/h1-3H,8-9H2,(H,10,12);1-2H3. The van der Waals surface area contributed by atoms with E-state index in [4.69, 9.17) is 11.6 Å². The number of nitro groups is 1. The molecule has 16 heavy (non-hydrogen) atoms. The molecule has 0 spiro atoms. The van der Waals surface area contributed by atoms with Crippen molar-refractivity contribution in [2.45, 2.75) is 13.8 Å². The number of amides is 1. The first-order valence-corrected chi connectivity index (χ1v) is 4.61. The number of nitrogens with zero attached hydrogens (tertiary/aromatic N) is 1. The van der Waals surface area contributed by atoms with Crippen LogP contribution in [0.25, 0.3) is 0 Å². The molecule has 0 aliphatic heterocycles. The maximum absolute atomic E-state index is 11.0. The van der Waals surface area contributed by atoms with Gasteiger partial charge in [0.2, 0.25) is 0 Å². The van der Waals surface area contributed by atoms with Gasteiger partial charge in [-0.25, -0.2) is 5.84 Å². The van der Waals surface area contributed by atoms with E-state index in [1.54, 1.807) is 0 Å². The number of nitrogens with two attached hydrogens (primary N) is 2. The second-order valence-corrected chi connectivity index (χ2v) is 2.50. The molecule has 0 fully saturated rings. The van der Waals surface area contributed by atoms with E-state index in [1.165, 1.54) is 12.1 Å². The van der Waals surface area contributed by atoms with Gasteiger partial charge in [0.15, 0.2) is 0 Å². The van der Waals surface area contributed by atoms with Crippen LogP contribution >= 0.6 is 0 Å². The van der Waals surface area contributed by atoms with Crippen molar-refractivity contribution in [3.8, 4) is 0 Å². The van der Waals surface area contributed by atoms with Crippen molar-refractivity contribution in [3.63, 3.8) is 0 Å². The molecule has 1 amide bonds. The summed E-state index contributed by atoms with van der Waals surface area (Å²) in [7, 11) is 0. The van der Waals surface area contributed by atoms with Gasteiger partial charge in [0.1, 0.15) is 0 Å². The Morgan fingerprint density at radius 3 is 2.38 bits per heavy atom. The summed E-state index contributed by atoms with van der Waals surface area (Å²) in [6.45, 7) is 4.00. The predicted molar refractivity (Wildman–Crippen MR) is 60.5 cm³/mol. The van der Waals surface area contributed by atoms with Crippen molar-refractivity contribution in [3.05, 3.63) is 33.9 Å². The highest BCUT2D eigenvalue weighted by atomic mass is 16.6. The lowest BCUT2D eigenvalue weighted by Gasteiger charge is -2.02. The fourth-order valence-corrected chi connectivity index (χ4v) is 0.948. The molecule has 88 valence electrons. The van der Waals surface area contributed by atoms with Crippen LogP contribution in [-0.2, 0) is 0 Å². The molecule has 0 heterocycles. The summed E-state index contributed by atoms with van der Waals surface area (Å²) in [6.07, 6.45) is 0. The van der Waals surface area contributed by atoms with Crippen molar-refractivity contribution < 1.29 is 9.72 Å². The van der Waals surface area contributed by atoms with Crippen LogP contribution < -0.4 is 17.0 Å². The Balaban J connectivity index is 0.00000106. The number of carbonyl (C=O) groups excluding carboxylic acids is 1. The number of non-ortho nitro benzene ring substituents is 1. The number of nitrogens with one attached hydrogen (secondary N) is 1. The van der Waals surface area contributed by atoms with Gasteiger partial charge < -0.3 is 5.73 Å². The van der Waals surface area contributed by atoms with Crippen LogP contribution in [0.4, 0.5) is 11.4 Å². The Labute approximate surface area is 92.5 Å². The van der Waals surface area contributed by atoms with Crippen LogP contribution in [0.3, 0.4) is 0 Å². The summed E-state index contributed by atoms with van der Waals surface area (Å²) in [5.74, 6) is 4.30. The summed E-state index contributed by atoms with van der Waals surface area (Å²) >= 11 is 0. The lowest BCUT2D eigenvalue weighted by atomic mass is 10.1. The van der Waals surface area contributed by atoms with E-state index in [9.17, 15) is 14.9 Å². The number of rotatable bonds is 2. The molecule has 0 aliphatic carbocycles. The van der Waals surface area contributed by atoms with Gasteiger partial charge in [0.25, 0.3) is 11.6 Å². The zero-order chi connectivity index (χ0) is 12.7. The van der Waals surface area contributed by atoms with E-state index in [0.717, 1.165) is 6.07 Å². The first kappa shape index (κ1) is 13.8. The molecule has 0 bridgehead atoms. The topological polar surface area (TPSA) is 124 Å². The van der Waals surface area contributed by atoms with Gasteiger partial charge in [-0.3, -0.25) is 20.3 Å². The van der Waals surface area contributed by atoms with Gasteiger partial charge in [-0.15, -0.1) is 0 Å². The van der Waals surface area contributed by atoms with E-state index in [0.29, 0.717) is 0 Å². The fourth-order valence-electron chi connectivity index (χ4n) is 0.948. The van der Waals surface area contributed by atoms with E-state index >= 15 is 0 Å². The normalized spacial score (nSPS) is 8.69. The lowest BCUT2D eigenvalue weighted by Crippen LogP contribution is -2.30. The molecule has 7 nitrogen and oxygen atoms in total. The van der Waals surface area contributed by atoms with Gasteiger partial charge in [0, 0.05) is 12.1 Å². The van der Waals surface area contributed by atoms with Crippen LogP contribution in [0.15, 0.2) is 18.2 Å². The van der Waals surface area contributed by atoms with Crippen molar-refractivity contribution in [1.82, 2.24) is 5.43 Å². The largest absolute Gasteiger partial charge is 0.398 e. The molecule has 0 saturated heterocycles. The Morgan fingerprint density at radius 1 is 1.44 bits per heavy atom. The zero-order valence-corrected chi connectivity index (χ0v) is 9.06. The van der Waals surface area contributed by atoms with Gasteiger partial charge in [-0.2, -0.15) is 0 Å². The zero-order valence-electron chi connectivity index (χ0n) is 9.06. The maximum atomic E-state index is 11.0. The fraction of sp³-hybridized carbons (Fsp3) is 0.222. The van der Waals surface area contributed by atoms with Gasteiger partial charge in [-0.1, -0.05) is 13.8 Å². The molecule has 5 N–H and O–H groups in total. The number of nitrogen functional groups attached to an aromatic ring is 2. The second-order valence-electron chi connectivity index (χ2n) is 2.50. The van der Waals surface area contributed by atoms with Crippen molar-refractivity contribution in [1.29, 1.82) is 0 Å². The number of hydrogen-bond acceptors (Lipinski definition) is 5. The Morgan fingerprint density at radius 2 is 2.00 bits per heavy atom. The lowest BCUT2D eigenvalue weighted by molar-refractivity contribution is -0.384. The predicted octanol–water partition coefficient (Wildman–Crippen LogP) is 0.807. The first-order chi connectivity index (χ1) is 7.56. The highest BCUT2D eigenvalue weighted by Crippen LogP contribution is 2.19. The molecule has 1 aromatic rings. The van der Waals surface area contributed by atoms with Crippen LogP contribution in [0, 0.1) is 10.1 Å². The molecular weight excluding hydrogens is 212 g/mol. The average Bonchev–Trinajstić information content (AvgIpc) is 2.30. The number of hydrogen-bond donors (Lipinski definition) is 3. The average molecular weight is 226 g/mol. The summed E-state index contributed by atoms with van der Waals surface area (Å²) < 4.78 is 0. The van der Waals surface area contributed by atoms with Crippen LogP contribution in [-0.4, -0.2) is 10.8 Å². The molecule has 0 radical (unpaired) electrons. The summed E-state index contributed by atoms with van der Waals surface area (Å²) in [5, 5.41) is 10.3. The Kier molecular flexibility index (Phi) is 5.50. The molecule has 0 unspecified atom stereocenters. The van der Waals surface area contributed by atoms with E-state index in [-0.39, 0.29) is 16.9 Å². The third-order valence-electron chi connectivity index (χ3n) is 1.62. The van der Waals surface area contributed by atoms with Crippen LogP contribution in [0.2, 0.25) is 0 Å². The molecule has 7 heteroatoms. The number of anilines is 1. The first-order valence-electron chi connectivity index (χ1n) is 4.61. The second kappa shape index (κ2) is 6.36. The molecule has 1 aromatic carbocycles. The Bertz CT molecular complexity index is 392. The van der Waals surface area contributed by atoms with Crippen LogP contribution in [0.5, 0.6) is 0 Å². The van der Waals surface area contributed by atoms with E-state index in [2.05, 4.69) is 0 Å². The molecule has 0 aromatic heterocycles. The van der Waals surface area contributed by atoms with E-state index in [1.807, 2.05) is 19.3 Å². The third kappa shape index (κ3) is 3.21. The van der Waals surface area contributed by atoms with Gasteiger partial charge in [0.05, 0.1) is 16.2 Å². The maximum Gasteiger partial charge on any atom is 0.271 e. The minimum atomic E-state index is -0.597. The molecule has 0 saturated carbocycles. The summed E-state index contributed by atoms with van der Waals surface area (Å²) in [6, 6.07) is 3.53. The van der Waals surface area contributed by atoms with E-state index < -0.39 is 10.8 Å². The highest BCUT2D eigenvalue weighted by molar-refractivity contribution is 5.99. The van der Waals surface area contributed by atoms with Crippen LogP contribution in [0.1, 0.15) is 24.2 Å². The molecule has 0 aliphatic rings. The number of nitro benzene ring substituents is 1. The minimum absolute atomic E-state index is 0.0159. The quantitative estimate of drug-likeness (QED) is 0.226. The number of carbonyl (C=O) groups is 1. The number of hydrazine groups is 1. The minimum Gasteiger partial charge on any atom is -0.398 e. The molecule has 1 rings (SSSR count). The van der Waals surface area contributed by atoms with Crippen molar-refractivity contribution >= 4 is 17.3 Å². The van der Waals surface area contributed by atoms with Crippen molar-refractivity contribution in [2.24, 2.45) is 5.84 Å². The Hall–Kier alpha value is -2.15. The van der Waals surface area contributed by atoms with Crippen molar-refractivity contribution in [2.75, 3.05) is 5.73 Å². The smallest absolute Gasteiger partial charge is 0.271 e. The summed E-state index contributed by atoms with van der Waals surface area (Å²) in [5.41, 5.74) is 7.25. The monoisotopic (exact) mass is 226 g/mol. The third-order valence-corrected chi connectivity index (χ3v) is 1.62. The molecular formula is C9H14N4O3. The molecule has 0 atom stereocenters. The SMILES string of the molecule is CC.NNC(=O)c1ccc([N+](=O)[O-])cc1N. The number of benzene rings is 1. The summed E-state index contributed by atoms with van der Waals surface area (Å²) in [4.78, 5) is 20.8. The highest BCUT2D eigenvalue weighted by Gasteiger charge is 2.12. The van der Waals surface area contributed by atoms with Gasteiger partial charge >= 0.3 is 0 Å². The van der Waals surface area contributed by atoms with Gasteiger partial charge in [-0.05, 0) is 6.07 Å².